The second kappa shape index (κ2) is 16.7. The smallest absolute Gasteiger partial charge is 0.407 e. The molecule has 0 bridgehead atoms. The van der Waals surface area contributed by atoms with E-state index < -0.39 is 35.9 Å². The third kappa shape index (κ3) is 13.9. The summed E-state index contributed by atoms with van der Waals surface area (Å²) in [5, 5.41) is 5.85. The van der Waals surface area contributed by atoms with Crippen LogP contribution in [0.2, 0.25) is 0 Å². The van der Waals surface area contributed by atoms with Gasteiger partial charge in [0.15, 0.2) is 5.12 Å². The van der Waals surface area contributed by atoms with E-state index >= 15 is 0 Å². The minimum atomic E-state index is -0.698. The lowest BCUT2D eigenvalue weighted by Gasteiger charge is -2.38. The minimum absolute atomic E-state index is 0.0729. The van der Waals surface area contributed by atoms with Gasteiger partial charge in [-0.05, 0) is 52.5 Å². The van der Waals surface area contributed by atoms with Crippen LogP contribution in [0.25, 0.3) is 0 Å². The molecule has 212 valence electrons. The van der Waals surface area contributed by atoms with Crippen LogP contribution in [0.15, 0.2) is 11.6 Å². The predicted octanol–water partition coefficient (Wildman–Crippen LogP) is 4.67. The van der Waals surface area contributed by atoms with Crippen LogP contribution in [0.5, 0.6) is 0 Å². The highest BCUT2D eigenvalue weighted by Crippen LogP contribution is 2.26. The first kappa shape index (κ1) is 33.0. The Morgan fingerprint density at radius 2 is 1.68 bits per heavy atom. The van der Waals surface area contributed by atoms with Crippen LogP contribution < -0.4 is 10.6 Å². The van der Waals surface area contributed by atoms with Crippen molar-refractivity contribution in [2.45, 2.75) is 123 Å². The molecule has 9 nitrogen and oxygen atoms in total. The van der Waals surface area contributed by atoms with Gasteiger partial charge in [-0.1, -0.05) is 38.5 Å². The molecule has 1 unspecified atom stereocenters. The summed E-state index contributed by atoms with van der Waals surface area (Å²) in [6.45, 7) is 12.6. The molecule has 1 rings (SSSR count). The summed E-state index contributed by atoms with van der Waals surface area (Å²) in [6.07, 6.45) is 5.64. The highest BCUT2D eigenvalue weighted by molar-refractivity contribution is 8.13. The molecule has 37 heavy (non-hydrogen) atoms. The Morgan fingerprint density at radius 1 is 1.03 bits per heavy atom. The highest BCUT2D eigenvalue weighted by atomic mass is 32.2. The summed E-state index contributed by atoms with van der Waals surface area (Å²) < 4.78 is 17.2. The van der Waals surface area contributed by atoms with Crippen LogP contribution in [-0.4, -0.2) is 65.3 Å². The standard InChI is InChI=1S/C27H46N2O7S/c1-8-21(9-2)35-23-17-20(25(32)34-14-12-10-11-13-15-37-19(4)31)16-22(24(23)28-18(3)30)29-26(33)36-27(5,6)7/h17,21-24H,8-16H2,1-7H3,(H,28,30)(H,29,33)/t22-,23+,24?/m0/s1. The summed E-state index contributed by atoms with van der Waals surface area (Å²) in [4.78, 5) is 48.5. The second-order valence-corrected chi connectivity index (χ2v) is 11.6. The summed E-state index contributed by atoms with van der Waals surface area (Å²) in [7, 11) is 0. The van der Waals surface area contributed by atoms with Gasteiger partial charge < -0.3 is 24.8 Å². The van der Waals surface area contributed by atoms with Crippen molar-refractivity contribution in [1.29, 1.82) is 0 Å². The first-order valence-corrected chi connectivity index (χ1v) is 14.3. The second-order valence-electron chi connectivity index (χ2n) is 10.3. The Kier molecular flexibility index (Phi) is 14.9. The van der Waals surface area contributed by atoms with Crippen molar-refractivity contribution in [2.24, 2.45) is 0 Å². The summed E-state index contributed by atoms with van der Waals surface area (Å²) in [5.74, 6) is 0.0873. The Balaban J connectivity index is 2.92. The zero-order valence-electron chi connectivity index (χ0n) is 23.5. The van der Waals surface area contributed by atoms with Gasteiger partial charge in [0.2, 0.25) is 5.91 Å². The van der Waals surface area contributed by atoms with Gasteiger partial charge in [0.25, 0.3) is 0 Å². The molecular weight excluding hydrogens is 496 g/mol. The van der Waals surface area contributed by atoms with Crippen molar-refractivity contribution in [3.8, 4) is 0 Å². The van der Waals surface area contributed by atoms with Gasteiger partial charge >= 0.3 is 12.1 Å². The van der Waals surface area contributed by atoms with E-state index in [-0.39, 0.29) is 30.2 Å². The van der Waals surface area contributed by atoms with Gasteiger partial charge in [0, 0.05) is 31.6 Å². The predicted molar refractivity (Wildman–Crippen MR) is 145 cm³/mol. The number of hydrogen-bond donors (Lipinski definition) is 2. The Morgan fingerprint density at radius 3 is 2.24 bits per heavy atom. The Hall–Kier alpha value is -2.07. The number of hydrogen-bond acceptors (Lipinski definition) is 8. The fourth-order valence-corrected chi connectivity index (χ4v) is 4.63. The number of carbonyl (C=O) groups excluding carboxylic acids is 4. The molecule has 0 heterocycles. The van der Waals surface area contributed by atoms with Crippen LogP contribution in [0, 0.1) is 0 Å². The number of carbonyl (C=O) groups is 4. The molecular formula is C27H46N2O7S. The molecule has 0 radical (unpaired) electrons. The van der Waals surface area contributed by atoms with Gasteiger partial charge in [-0.3, -0.25) is 9.59 Å². The third-order valence-corrected chi connectivity index (χ3v) is 6.66. The van der Waals surface area contributed by atoms with Gasteiger partial charge in [0.05, 0.1) is 30.9 Å². The van der Waals surface area contributed by atoms with E-state index in [1.807, 2.05) is 13.8 Å². The van der Waals surface area contributed by atoms with E-state index in [0.717, 1.165) is 44.3 Å². The van der Waals surface area contributed by atoms with Crippen molar-refractivity contribution < 1.29 is 33.4 Å². The molecule has 0 aromatic rings. The van der Waals surface area contributed by atoms with E-state index in [0.29, 0.717) is 5.57 Å². The maximum Gasteiger partial charge on any atom is 0.407 e. The lowest BCUT2D eigenvalue weighted by molar-refractivity contribution is -0.140. The first-order valence-electron chi connectivity index (χ1n) is 13.3. The van der Waals surface area contributed by atoms with Crippen molar-refractivity contribution in [2.75, 3.05) is 12.4 Å². The Labute approximate surface area is 226 Å². The topological polar surface area (TPSA) is 120 Å². The van der Waals surface area contributed by atoms with Crippen molar-refractivity contribution in [3.05, 3.63) is 11.6 Å². The lowest BCUT2D eigenvalue weighted by atomic mass is 9.87. The van der Waals surface area contributed by atoms with E-state index in [4.69, 9.17) is 14.2 Å². The number of esters is 1. The molecule has 2 amide bonds. The number of amides is 2. The number of ether oxygens (including phenoxy) is 3. The van der Waals surface area contributed by atoms with Crippen LogP contribution in [-0.2, 0) is 28.6 Å². The minimum Gasteiger partial charge on any atom is -0.462 e. The summed E-state index contributed by atoms with van der Waals surface area (Å²) >= 11 is 1.33. The zero-order chi connectivity index (χ0) is 28.0. The van der Waals surface area contributed by atoms with E-state index in [1.165, 1.54) is 18.7 Å². The molecule has 3 atom stereocenters. The molecule has 0 spiro atoms. The molecule has 0 saturated heterocycles. The molecule has 0 fully saturated rings. The SMILES string of the molecule is CCC(CC)O[C@@H]1C=C(C(=O)OCCCCCCSC(C)=O)C[C@H](NC(=O)OC(C)(C)C)C1NC(C)=O. The average molecular weight is 543 g/mol. The van der Waals surface area contributed by atoms with Crippen LogP contribution in [0.1, 0.15) is 93.4 Å². The van der Waals surface area contributed by atoms with E-state index in [9.17, 15) is 19.2 Å². The molecule has 0 aromatic heterocycles. The first-order chi connectivity index (χ1) is 17.4. The van der Waals surface area contributed by atoms with Gasteiger partial charge in [-0.15, -0.1) is 0 Å². The van der Waals surface area contributed by atoms with Crippen LogP contribution >= 0.6 is 11.8 Å². The van der Waals surface area contributed by atoms with Crippen LogP contribution in [0.4, 0.5) is 4.79 Å². The maximum atomic E-state index is 12.9. The quantitative estimate of drug-likeness (QED) is 0.240. The molecule has 10 heteroatoms. The third-order valence-electron chi connectivity index (χ3n) is 5.76. The number of rotatable bonds is 14. The normalized spacial score (nSPS) is 19.7. The molecule has 1 aliphatic carbocycles. The molecule has 1 aliphatic rings. The lowest BCUT2D eigenvalue weighted by Crippen LogP contribution is -2.60. The van der Waals surface area contributed by atoms with Crippen molar-refractivity contribution in [3.63, 3.8) is 0 Å². The zero-order valence-corrected chi connectivity index (χ0v) is 24.3. The largest absolute Gasteiger partial charge is 0.462 e. The molecule has 0 aliphatic heterocycles. The van der Waals surface area contributed by atoms with Gasteiger partial charge in [-0.2, -0.15) is 0 Å². The molecule has 2 N–H and O–H groups in total. The Bertz CT molecular complexity index is 790. The molecule has 0 aromatic carbocycles. The van der Waals surface area contributed by atoms with Gasteiger partial charge in [-0.25, -0.2) is 9.59 Å². The summed E-state index contributed by atoms with van der Waals surface area (Å²) in [5.41, 5.74) is -0.299. The van der Waals surface area contributed by atoms with Crippen molar-refractivity contribution >= 4 is 34.8 Å². The number of thioether (sulfide) groups is 1. The van der Waals surface area contributed by atoms with E-state index in [1.54, 1.807) is 33.8 Å². The van der Waals surface area contributed by atoms with Crippen molar-refractivity contribution in [1.82, 2.24) is 10.6 Å². The fourth-order valence-electron chi connectivity index (χ4n) is 3.99. The maximum absolute atomic E-state index is 12.9. The fraction of sp³-hybridized carbons (Fsp3) is 0.778. The highest BCUT2D eigenvalue weighted by Gasteiger charge is 2.39. The van der Waals surface area contributed by atoms with Gasteiger partial charge in [0.1, 0.15) is 5.60 Å². The summed E-state index contributed by atoms with van der Waals surface area (Å²) in [6, 6.07) is -1.19. The average Bonchev–Trinajstić information content (AvgIpc) is 2.78. The number of alkyl carbamates (subject to hydrolysis) is 1. The van der Waals surface area contributed by atoms with Crippen LogP contribution in [0.3, 0.4) is 0 Å². The monoisotopic (exact) mass is 542 g/mol. The van der Waals surface area contributed by atoms with E-state index in [2.05, 4.69) is 10.6 Å². The number of unbranched alkanes of at least 4 members (excludes halogenated alkanes) is 3. The molecule has 0 saturated carbocycles. The number of nitrogens with one attached hydrogen (secondary N) is 2.